The summed E-state index contributed by atoms with van der Waals surface area (Å²) in [5.41, 5.74) is 2.98. The van der Waals surface area contributed by atoms with Gasteiger partial charge in [-0.15, -0.1) is 0 Å². The number of hydrogen-bond donors (Lipinski definition) is 0. The zero-order valence-electron chi connectivity index (χ0n) is 12.5. The molecule has 0 aliphatic heterocycles. The van der Waals surface area contributed by atoms with E-state index in [2.05, 4.69) is 29.2 Å². The SMILES string of the molecule is c1ccc2c(c1)oc1ccccc12.c1ccc2ncccc2c1. The van der Waals surface area contributed by atoms with E-state index in [4.69, 9.17) is 4.42 Å². The summed E-state index contributed by atoms with van der Waals surface area (Å²) >= 11 is 0. The van der Waals surface area contributed by atoms with Gasteiger partial charge in [-0.05, 0) is 24.3 Å². The predicted molar refractivity (Wildman–Crippen MR) is 95.5 cm³/mol. The van der Waals surface area contributed by atoms with Crippen LogP contribution in [0.5, 0.6) is 0 Å². The van der Waals surface area contributed by atoms with Crippen molar-refractivity contribution < 1.29 is 4.42 Å². The molecule has 0 radical (unpaired) electrons. The number of benzene rings is 3. The van der Waals surface area contributed by atoms with E-state index >= 15 is 0 Å². The van der Waals surface area contributed by atoms with Gasteiger partial charge in [-0.1, -0.05) is 60.7 Å². The fraction of sp³-hybridized carbons (Fsp3) is 0. The molecule has 5 rings (SSSR count). The van der Waals surface area contributed by atoms with E-state index in [1.54, 1.807) is 0 Å². The minimum atomic E-state index is 0.962. The summed E-state index contributed by atoms with van der Waals surface area (Å²) in [6.07, 6.45) is 1.81. The van der Waals surface area contributed by atoms with Gasteiger partial charge >= 0.3 is 0 Å². The third-order valence-electron chi connectivity index (χ3n) is 3.80. The van der Waals surface area contributed by atoms with Crippen LogP contribution in [-0.4, -0.2) is 4.98 Å². The van der Waals surface area contributed by atoms with Crippen molar-refractivity contribution >= 4 is 32.8 Å². The Bertz CT molecular complexity index is 963. The van der Waals surface area contributed by atoms with E-state index < -0.39 is 0 Å². The molecule has 0 bridgehead atoms. The van der Waals surface area contributed by atoms with E-state index in [0.717, 1.165) is 16.7 Å². The van der Waals surface area contributed by atoms with Gasteiger partial charge in [0.05, 0.1) is 5.52 Å². The number of para-hydroxylation sites is 3. The van der Waals surface area contributed by atoms with Crippen LogP contribution in [0.1, 0.15) is 0 Å². The summed E-state index contributed by atoms with van der Waals surface area (Å²) in [4.78, 5) is 4.18. The topological polar surface area (TPSA) is 26.0 Å². The summed E-state index contributed by atoms with van der Waals surface area (Å²) < 4.78 is 5.65. The fourth-order valence-electron chi connectivity index (χ4n) is 2.69. The molecule has 0 atom stereocenters. The van der Waals surface area contributed by atoms with Crippen molar-refractivity contribution in [2.45, 2.75) is 0 Å². The van der Waals surface area contributed by atoms with Crippen molar-refractivity contribution in [1.82, 2.24) is 4.98 Å². The van der Waals surface area contributed by atoms with E-state index in [9.17, 15) is 0 Å². The van der Waals surface area contributed by atoms with Crippen LogP contribution in [0, 0.1) is 0 Å². The van der Waals surface area contributed by atoms with Crippen LogP contribution in [0.15, 0.2) is 95.5 Å². The number of furan rings is 1. The van der Waals surface area contributed by atoms with Crippen LogP contribution in [0.25, 0.3) is 32.8 Å². The lowest BCUT2D eigenvalue weighted by Crippen LogP contribution is -1.73. The van der Waals surface area contributed by atoms with Crippen molar-refractivity contribution in [3.8, 4) is 0 Å². The van der Waals surface area contributed by atoms with Crippen LogP contribution in [0.4, 0.5) is 0 Å². The first kappa shape index (κ1) is 13.5. The number of pyridine rings is 1. The number of nitrogens with zero attached hydrogens (tertiary/aromatic N) is 1. The molecule has 0 unspecified atom stereocenters. The molecule has 0 N–H and O–H groups in total. The van der Waals surface area contributed by atoms with Crippen LogP contribution in [0.2, 0.25) is 0 Å². The summed E-state index contributed by atoms with van der Waals surface area (Å²) in [5, 5.41) is 3.58. The summed E-state index contributed by atoms with van der Waals surface area (Å²) in [5.74, 6) is 0. The molecular formula is C21H15NO. The number of hydrogen-bond acceptors (Lipinski definition) is 2. The van der Waals surface area contributed by atoms with Crippen LogP contribution < -0.4 is 0 Å². The van der Waals surface area contributed by atoms with Crippen molar-refractivity contribution in [3.63, 3.8) is 0 Å². The third-order valence-corrected chi connectivity index (χ3v) is 3.80. The zero-order valence-corrected chi connectivity index (χ0v) is 12.5. The second kappa shape index (κ2) is 5.93. The lowest BCUT2D eigenvalue weighted by atomic mass is 10.2. The molecule has 23 heavy (non-hydrogen) atoms. The summed E-state index contributed by atoms with van der Waals surface area (Å²) in [6, 6.07) is 28.3. The highest BCUT2D eigenvalue weighted by molar-refractivity contribution is 6.04. The quantitative estimate of drug-likeness (QED) is 0.360. The zero-order chi connectivity index (χ0) is 15.5. The van der Waals surface area contributed by atoms with Gasteiger partial charge in [-0.3, -0.25) is 4.98 Å². The highest BCUT2D eigenvalue weighted by Gasteiger charge is 2.03. The molecule has 0 saturated heterocycles. The van der Waals surface area contributed by atoms with E-state index in [0.29, 0.717) is 0 Å². The smallest absolute Gasteiger partial charge is 0.135 e. The lowest BCUT2D eigenvalue weighted by molar-refractivity contribution is 0.669. The maximum atomic E-state index is 5.65. The van der Waals surface area contributed by atoms with Crippen molar-refractivity contribution in [2.24, 2.45) is 0 Å². The summed E-state index contributed by atoms with van der Waals surface area (Å²) in [7, 11) is 0. The Labute approximate surface area is 134 Å². The predicted octanol–water partition coefficient (Wildman–Crippen LogP) is 5.82. The Balaban J connectivity index is 0.000000122. The Kier molecular flexibility index (Phi) is 3.49. The van der Waals surface area contributed by atoms with Gasteiger partial charge in [0.2, 0.25) is 0 Å². The van der Waals surface area contributed by atoms with Gasteiger partial charge in [0.1, 0.15) is 11.2 Å². The second-order valence-corrected chi connectivity index (χ2v) is 5.29. The molecule has 2 heteroatoms. The van der Waals surface area contributed by atoms with Gasteiger partial charge in [0.25, 0.3) is 0 Å². The fourth-order valence-corrected chi connectivity index (χ4v) is 2.69. The van der Waals surface area contributed by atoms with Crippen molar-refractivity contribution in [3.05, 3.63) is 91.1 Å². The Morgan fingerprint density at radius 1 is 0.565 bits per heavy atom. The van der Waals surface area contributed by atoms with Gasteiger partial charge in [-0.2, -0.15) is 0 Å². The third kappa shape index (κ3) is 2.67. The van der Waals surface area contributed by atoms with Gasteiger partial charge in [0.15, 0.2) is 0 Å². The molecule has 3 aromatic carbocycles. The maximum Gasteiger partial charge on any atom is 0.135 e. The van der Waals surface area contributed by atoms with Gasteiger partial charge in [-0.25, -0.2) is 0 Å². The van der Waals surface area contributed by atoms with E-state index in [1.165, 1.54) is 16.2 Å². The molecule has 2 heterocycles. The molecular weight excluding hydrogens is 282 g/mol. The number of fused-ring (bicyclic) bond motifs is 4. The average Bonchev–Trinajstić information content (AvgIpc) is 3.01. The Morgan fingerprint density at radius 3 is 1.83 bits per heavy atom. The standard InChI is InChI=1S/C12H8O.C9H7N/c1-3-7-11-9(5-1)10-6-2-4-8-12(10)13-11;1-2-6-9-8(4-1)5-3-7-10-9/h1-8H;1-7H. The minimum absolute atomic E-state index is 0.962. The van der Waals surface area contributed by atoms with Gasteiger partial charge < -0.3 is 4.42 Å². The normalized spacial score (nSPS) is 10.6. The van der Waals surface area contributed by atoms with Crippen molar-refractivity contribution in [1.29, 1.82) is 0 Å². The largest absolute Gasteiger partial charge is 0.456 e. The molecule has 0 amide bonds. The lowest BCUT2D eigenvalue weighted by Gasteiger charge is -1.91. The van der Waals surface area contributed by atoms with Crippen LogP contribution >= 0.6 is 0 Å². The Morgan fingerprint density at radius 2 is 1.13 bits per heavy atom. The Hall–Kier alpha value is -3.13. The van der Waals surface area contributed by atoms with E-state index in [-0.39, 0.29) is 0 Å². The molecule has 110 valence electrons. The highest BCUT2D eigenvalue weighted by Crippen LogP contribution is 2.27. The first-order valence-electron chi connectivity index (χ1n) is 7.58. The first-order chi connectivity index (χ1) is 11.4. The van der Waals surface area contributed by atoms with Crippen molar-refractivity contribution in [2.75, 3.05) is 0 Å². The maximum absolute atomic E-state index is 5.65. The van der Waals surface area contributed by atoms with Crippen LogP contribution in [-0.2, 0) is 0 Å². The van der Waals surface area contributed by atoms with E-state index in [1.807, 2.05) is 66.9 Å². The monoisotopic (exact) mass is 297 g/mol. The number of aromatic nitrogens is 1. The average molecular weight is 297 g/mol. The molecule has 0 aliphatic rings. The van der Waals surface area contributed by atoms with Gasteiger partial charge in [0, 0.05) is 22.4 Å². The molecule has 0 fully saturated rings. The molecule has 0 aliphatic carbocycles. The minimum Gasteiger partial charge on any atom is -0.456 e. The molecule has 0 spiro atoms. The summed E-state index contributed by atoms with van der Waals surface area (Å²) in [6.45, 7) is 0. The first-order valence-corrected chi connectivity index (χ1v) is 7.58. The molecule has 5 aromatic rings. The number of rotatable bonds is 0. The second-order valence-electron chi connectivity index (χ2n) is 5.29. The highest BCUT2D eigenvalue weighted by atomic mass is 16.3. The molecule has 2 nitrogen and oxygen atoms in total. The molecule has 0 saturated carbocycles. The molecule has 2 aromatic heterocycles. The van der Waals surface area contributed by atoms with Crippen LogP contribution in [0.3, 0.4) is 0 Å².